The van der Waals surface area contributed by atoms with E-state index in [1.807, 2.05) is 6.92 Å². The maximum atomic E-state index is 13.5. The Labute approximate surface area is 131 Å². The molecule has 0 radical (unpaired) electrons. The lowest BCUT2D eigenvalue weighted by molar-refractivity contribution is 0.599. The molecular weight excluding hydrogens is 359 g/mol. The number of benzene rings is 2. The first-order valence-corrected chi connectivity index (χ1v) is 8.33. The van der Waals surface area contributed by atoms with Gasteiger partial charge in [0.1, 0.15) is 5.82 Å². The molecule has 7 heteroatoms. The first kappa shape index (κ1) is 15.8. The van der Waals surface area contributed by atoms with E-state index < -0.39 is 15.8 Å². The van der Waals surface area contributed by atoms with Gasteiger partial charge in [0.05, 0.1) is 10.6 Å². The van der Waals surface area contributed by atoms with Gasteiger partial charge in [-0.15, -0.1) is 0 Å². The molecule has 0 atom stereocenters. The van der Waals surface area contributed by atoms with Crippen molar-refractivity contribution in [1.82, 2.24) is 0 Å². The Morgan fingerprint density at radius 3 is 2.38 bits per heavy atom. The molecule has 0 fully saturated rings. The molecule has 0 amide bonds. The Bertz CT molecular complexity index is 784. The molecule has 2 aromatic rings. The molecule has 0 bridgehead atoms. The number of nitrogen functional groups attached to an aromatic ring is 1. The van der Waals surface area contributed by atoms with Gasteiger partial charge in [0, 0.05) is 10.2 Å². The minimum absolute atomic E-state index is 0.0735. The lowest BCUT2D eigenvalue weighted by atomic mass is 10.2. The lowest BCUT2D eigenvalue weighted by Crippen LogP contribution is -2.14. The van der Waals surface area contributed by atoms with E-state index in [0.717, 1.165) is 16.1 Å². The number of hydrogen-bond acceptors (Lipinski definition) is 3. The second-order valence-corrected chi connectivity index (χ2v) is 7.25. The van der Waals surface area contributed by atoms with Crippen molar-refractivity contribution in [3.8, 4) is 0 Å². The van der Waals surface area contributed by atoms with Gasteiger partial charge in [-0.1, -0.05) is 22.0 Å². The van der Waals surface area contributed by atoms with Crippen molar-refractivity contribution in [1.29, 1.82) is 0 Å². The highest BCUT2D eigenvalue weighted by Crippen LogP contribution is 2.25. The summed E-state index contributed by atoms with van der Waals surface area (Å²) in [5, 5.41) is 0. The molecule has 4 nitrogen and oxygen atoms in total. The van der Waals surface area contributed by atoms with Crippen LogP contribution in [0, 0.1) is 19.7 Å². The van der Waals surface area contributed by atoms with E-state index in [2.05, 4.69) is 20.7 Å². The van der Waals surface area contributed by atoms with Gasteiger partial charge in [0.25, 0.3) is 10.0 Å². The molecule has 2 aromatic carbocycles. The Morgan fingerprint density at radius 1 is 1.14 bits per heavy atom. The van der Waals surface area contributed by atoms with Crippen LogP contribution in [0.4, 0.5) is 15.8 Å². The van der Waals surface area contributed by atoms with Crippen molar-refractivity contribution in [2.24, 2.45) is 0 Å². The minimum atomic E-state index is -3.82. The highest BCUT2D eigenvalue weighted by molar-refractivity contribution is 9.10. The monoisotopic (exact) mass is 372 g/mol. The van der Waals surface area contributed by atoms with Gasteiger partial charge in [-0.3, -0.25) is 4.72 Å². The Hall–Kier alpha value is -1.60. The van der Waals surface area contributed by atoms with Crippen LogP contribution in [0.3, 0.4) is 0 Å². The summed E-state index contributed by atoms with van der Waals surface area (Å²) < 4.78 is 41.3. The van der Waals surface area contributed by atoms with E-state index in [1.165, 1.54) is 13.0 Å². The molecule has 0 aliphatic carbocycles. The van der Waals surface area contributed by atoms with Gasteiger partial charge in [-0.05, 0) is 49.2 Å². The highest BCUT2D eigenvalue weighted by atomic mass is 79.9. The largest absolute Gasteiger partial charge is 0.396 e. The fourth-order valence-electron chi connectivity index (χ4n) is 1.79. The summed E-state index contributed by atoms with van der Waals surface area (Å²) >= 11 is 3.34. The lowest BCUT2D eigenvalue weighted by Gasteiger charge is -2.11. The molecule has 0 unspecified atom stereocenters. The zero-order valence-corrected chi connectivity index (χ0v) is 13.8. The first-order valence-electron chi connectivity index (χ1n) is 6.05. The maximum Gasteiger partial charge on any atom is 0.261 e. The molecule has 0 spiro atoms. The van der Waals surface area contributed by atoms with Crippen LogP contribution in [-0.2, 0) is 10.0 Å². The maximum absolute atomic E-state index is 13.5. The molecule has 0 saturated heterocycles. The zero-order chi connectivity index (χ0) is 15.8. The molecule has 0 aromatic heterocycles. The van der Waals surface area contributed by atoms with Crippen LogP contribution in [0.25, 0.3) is 0 Å². The molecule has 0 saturated carbocycles. The number of nitrogens with two attached hydrogens (primary N) is 1. The summed E-state index contributed by atoms with van der Waals surface area (Å²) in [7, 11) is -3.82. The number of aryl methyl sites for hydroxylation is 2. The van der Waals surface area contributed by atoms with Crippen molar-refractivity contribution < 1.29 is 12.8 Å². The second-order valence-electron chi connectivity index (χ2n) is 4.71. The standard InChI is InChI=1S/C14H14BrFN2O2S/c1-8-3-4-10(6-12(8)15)18-21(19,20)11-5-9(2)14(16)13(17)7-11/h3-7,18H,17H2,1-2H3. The van der Waals surface area contributed by atoms with Gasteiger partial charge in [-0.2, -0.15) is 0 Å². The van der Waals surface area contributed by atoms with Crippen molar-refractivity contribution in [3.05, 3.63) is 51.7 Å². The van der Waals surface area contributed by atoms with Gasteiger partial charge in [0.15, 0.2) is 0 Å². The predicted octanol–water partition coefficient (Wildman–Crippen LogP) is 3.59. The van der Waals surface area contributed by atoms with Gasteiger partial charge < -0.3 is 5.73 Å². The average Bonchev–Trinajstić information content (AvgIpc) is 2.39. The normalized spacial score (nSPS) is 11.4. The number of hydrogen-bond donors (Lipinski definition) is 2. The third-order valence-electron chi connectivity index (χ3n) is 2.99. The zero-order valence-electron chi connectivity index (χ0n) is 11.4. The first-order chi connectivity index (χ1) is 9.70. The number of rotatable bonds is 3. The fourth-order valence-corrected chi connectivity index (χ4v) is 3.34. The Kier molecular flexibility index (Phi) is 4.25. The summed E-state index contributed by atoms with van der Waals surface area (Å²) in [6.45, 7) is 3.36. The van der Waals surface area contributed by atoms with Crippen LogP contribution in [0.5, 0.6) is 0 Å². The summed E-state index contributed by atoms with van der Waals surface area (Å²) in [5.41, 5.74) is 6.86. The van der Waals surface area contributed by atoms with Crippen LogP contribution < -0.4 is 10.5 Å². The van der Waals surface area contributed by atoms with E-state index >= 15 is 0 Å². The third-order valence-corrected chi connectivity index (χ3v) is 5.21. The van der Waals surface area contributed by atoms with Crippen molar-refractivity contribution in [3.63, 3.8) is 0 Å². The quantitative estimate of drug-likeness (QED) is 0.808. The van der Waals surface area contributed by atoms with Crippen LogP contribution >= 0.6 is 15.9 Å². The molecule has 21 heavy (non-hydrogen) atoms. The van der Waals surface area contributed by atoms with E-state index in [-0.39, 0.29) is 16.1 Å². The van der Waals surface area contributed by atoms with Gasteiger partial charge in [0.2, 0.25) is 0 Å². The second kappa shape index (κ2) is 5.65. The fraction of sp³-hybridized carbons (Fsp3) is 0.143. The van der Waals surface area contributed by atoms with Crippen molar-refractivity contribution in [2.75, 3.05) is 10.5 Å². The van der Waals surface area contributed by atoms with Gasteiger partial charge >= 0.3 is 0 Å². The predicted molar refractivity (Wildman–Crippen MR) is 85.2 cm³/mol. The van der Waals surface area contributed by atoms with Crippen LogP contribution in [0.1, 0.15) is 11.1 Å². The molecular formula is C14H14BrFN2O2S. The molecule has 2 rings (SSSR count). The SMILES string of the molecule is Cc1ccc(NS(=O)(=O)c2cc(C)c(F)c(N)c2)cc1Br. The molecule has 0 aliphatic heterocycles. The summed E-state index contributed by atoms with van der Waals surface area (Å²) in [4.78, 5) is -0.0735. The Morgan fingerprint density at radius 2 is 1.81 bits per heavy atom. The van der Waals surface area contributed by atoms with E-state index in [9.17, 15) is 12.8 Å². The van der Waals surface area contributed by atoms with E-state index in [4.69, 9.17) is 5.73 Å². The van der Waals surface area contributed by atoms with Crippen molar-refractivity contribution in [2.45, 2.75) is 18.7 Å². The van der Waals surface area contributed by atoms with Crippen molar-refractivity contribution >= 4 is 37.3 Å². The minimum Gasteiger partial charge on any atom is -0.396 e. The number of halogens is 2. The third kappa shape index (κ3) is 3.36. The van der Waals surface area contributed by atoms with Gasteiger partial charge in [-0.25, -0.2) is 12.8 Å². The topological polar surface area (TPSA) is 72.2 Å². The van der Waals surface area contributed by atoms with E-state index in [0.29, 0.717) is 5.69 Å². The van der Waals surface area contributed by atoms with Crippen LogP contribution in [0.2, 0.25) is 0 Å². The van der Waals surface area contributed by atoms with Crippen LogP contribution in [0.15, 0.2) is 39.7 Å². The number of nitrogens with one attached hydrogen (secondary N) is 1. The number of anilines is 2. The number of sulfonamides is 1. The summed E-state index contributed by atoms with van der Waals surface area (Å²) in [5.74, 6) is -0.605. The molecule has 112 valence electrons. The van der Waals surface area contributed by atoms with Crippen LogP contribution in [-0.4, -0.2) is 8.42 Å². The molecule has 0 aliphatic rings. The van der Waals surface area contributed by atoms with E-state index in [1.54, 1.807) is 18.2 Å². The molecule has 0 heterocycles. The summed E-state index contributed by atoms with van der Waals surface area (Å²) in [6.07, 6.45) is 0. The smallest absolute Gasteiger partial charge is 0.261 e. The summed E-state index contributed by atoms with van der Waals surface area (Å²) in [6, 6.07) is 7.45. The molecule has 3 N–H and O–H groups in total. The highest BCUT2D eigenvalue weighted by Gasteiger charge is 2.17. The Balaban J connectivity index is 2.40. The average molecular weight is 373 g/mol.